The van der Waals surface area contributed by atoms with E-state index in [2.05, 4.69) is 10.3 Å². The van der Waals surface area contributed by atoms with Gasteiger partial charge < -0.3 is 10.1 Å². The molecule has 152 valence electrons. The number of allylic oxidation sites excluding steroid dienone is 1. The lowest BCUT2D eigenvalue weighted by Crippen LogP contribution is -2.46. The van der Waals surface area contributed by atoms with Gasteiger partial charge in [0.15, 0.2) is 0 Å². The number of amides is 2. The molecule has 0 radical (unpaired) electrons. The topological polar surface area (TPSA) is 80.8 Å². The van der Waals surface area contributed by atoms with Gasteiger partial charge >= 0.3 is 0 Å². The molecule has 0 fully saturated rings. The van der Waals surface area contributed by atoms with Crippen molar-refractivity contribution in [2.24, 2.45) is 0 Å². The van der Waals surface area contributed by atoms with Gasteiger partial charge in [-0.15, -0.1) is 0 Å². The molecule has 29 heavy (non-hydrogen) atoms. The standard InChI is InChI=1S/C22H25N3O4/c1-25(28-2)22(27)19-11-5-3-4-8-14-29-16-12-13-23-20(15-16)17-9-6-7-10-18(17)21(26)24-19/h3,5-7,9-10,12-13,15,19H,4,8,11,14H2,1-2H3,(H,24,26)/t19-/m0/s1. The zero-order valence-electron chi connectivity index (χ0n) is 16.6. The van der Waals surface area contributed by atoms with Gasteiger partial charge in [-0.25, -0.2) is 5.06 Å². The minimum absolute atomic E-state index is 0.323. The summed E-state index contributed by atoms with van der Waals surface area (Å²) in [5.74, 6) is 0.0365. The number of benzene rings is 1. The van der Waals surface area contributed by atoms with Crippen LogP contribution in [0.25, 0.3) is 11.3 Å². The van der Waals surface area contributed by atoms with E-state index in [-0.39, 0.29) is 11.8 Å². The van der Waals surface area contributed by atoms with Gasteiger partial charge in [-0.2, -0.15) is 0 Å². The summed E-state index contributed by atoms with van der Waals surface area (Å²) in [5, 5.41) is 3.97. The Morgan fingerprint density at radius 1 is 1.24 bits per heavy atom. The zero-order chi connectivity index (χ0) is 20.6. The van der Waals surface area contributed by atoms with Crippen molar-refractivity contribution >= 4 is 11.8 Å². The number of aromatic nitrogens is 1. The molecule has 0 unspecified atom stereocenters. The molecule has 0 saturated heterocycles. The van der Waals surface area contributed by atoms with Crippen LogP contribution >= 0.6 is 0 Å². The molecule has 2 amide bonds. The van der Waals surface area contributed by atoms with Crippen molar-refractivity contribution in [3.8, 4) is 17.0 Å². The molecule has 2 aromatic rings. The predicted molar refractivity (Wildman–Crippen MR) is 109 cm³/mol. The second-order valence-corrected chi connectivity index (χ2v) is 6.66. The first-order valence-corrected chi connectivity index (χ1v) is 9.56. The molecule has 3 rings (SSSR count). The number of hydroxylamine groups is 2. The zero-order valence-corrected chi connectivity index (χ0v) is 16.6. The SMILES string of the molecule is CON(C)C(=O)[C@@H]1CC=CCCCOc2ccnc(c2)-c2ccccc2C(=O)N1. The van der Waals surface area contributed by atoms with Crippen LogP contribution in [-0.4, -0.2) is 48.7 Å². The number of carbonyl (C=O) groups excluding carboxylic acids is 2. The molecule has 2 heterocycles. The highest BCUT2D eigenvalue weighted by Gasteiger charge is 2.25. The van der Waals surface area contributed by atoms with Crippen molar-refractivity contribution in [2.45, 2.75) is 25.3 Å². The normalized spacial score (nSPS) is 17.2. The van der Waals surface area contributed by atoms with Crippen LogP contribution in [0.2, 0.25) is 0 Å². The highest BCUT2D eigenvalue weighted by Crippen LogP contribution is 2.25. The molecule has 7 nitrogen and oxygen atoms in total. The summed E-state index contributed by atoms with van der Waals surface area (Å²) in [6.45, 7) is 0.571. The summed E-state index contributed by atoms with van der Waals surface area (Å²) in [5.41, 5.74) is 1.75. The fourth-order valence-corrected chi connectivity index (χ4v) is 3.06. The van der Waals surface area contributed by atoms with E-state index < -0.39 is 6.04 Å². The number of fused-ring (bicyclic) bond motifs is 4. The van der Waals surface area contributed by atoms with Gasteiger partial charge in [-0.05, 0) is 31.4 Å². The fourth-order valence-electron chi connectivity index (χ4n) is 3.06. The maximum absolute atomic E-state index is 13.1. The molecule has 0 saturated carbocycles. The molecule has 1 aliphatic heterocycles. The molecule has 2 bridgehead atoms. The van der Waals surface area contributed by atoms with Crippen LogP contribution in [0.4, 0.5) is 0 Å². The highest BCUT2D eigenvalue weighted by molar-refractivity contribution is 6.02. The second kappa shape index (κ2) is 9.84. The van der Waals surface area contributed by atoms with E-state index in [9.17, 15) is 9.59 Å². The Hall–Kier alpha value is -3.19. The van der Waals surface area contributed by atoms with E-state index in [0.717, 1.165) is 17.9 Å². The van der Waals surface area contributed by atoms with Crippen molar-refractivity contribution in [1.29, 1.82) is 0 Å². The molecule has 0 spiro atoms. The summed E-state index contributed by atoms with van der Waals surface area (Å²) >= 11 is 0. The average molecular weight is 395 g/mol. The fraction of sp³-hybridized carbons (Fsp3) is 0.318. The average Bonchev–Trinajstić information content (AvgIpc) is 2.76. The highest BCUT2D eigenvalue weighted by atomic mass is 16.7. The van der Waals surface area contributed by atoms with Gasteiger partial charge in [0.1, 0.15) is 11.8 Å². The Bertz CT molecular complexity index is 897. The van der Waals surface area contributed by atoms with Crippen molar-refractivity contribution in [1.82, 2.24) is 15.4 Å². The number of nitrogens with zero attached hydrogens (tertiary/aromatic N) is 2. The van der Waals surface area contributed by atoms with Gasteiger partial charge in [0.25, 0.3) is 11.8 Å². The van der Waals surface area contributed by atoms with Crippen LogP contribution in [-0.2, 0) is 9.63 Å². The Balaban J connectivity index is 1.98. The quantitative estimate of drug-likeness (QED) is 0.625. The maximum Gasteiger partial charge on any atom is 0.268 e. The van der Waals surface area contributed by atoms with Crippen LogP contribution in [0.5, 0.6) is 5.75 Å². The number of carbonyl (C=O) groups is 2. The number of pyridine rings is 1. The smallest absolute Gasteiger partial charge is 0.268 e. The molecule has 1 atom stereocenters. The van der Waals surface area contributed by atoms with E-state index in [1.807, 2.05) is 30.4 Å². The van der Waals surface area contributed by atoms with Crippen molar-refractivity contribution in [3.05, 3.63) is 60.3 Å². The van der Waals surface area contributed by atoms with E-state index >= 15 is 0 Å². The van der Waals surface area contributed by atoms with Crippen LogP contribution < -0.4 is 10.1 Å². The van der Waals surface area contributed by atoms with Crippen molar-refractivity contribution in [3.63, 3.8) is 0 Å². The summed E-state index contributed by atoms with van der Waals surface area (Å²) in [6.07, 6.45) is 7.58. The van der Waals surface area contributed by atoms with Crippen molar-refractivity contribution in [2.75, 3.05) is 20.8 Å². The number of likely N-dealkylation sites (N-methyl/N-ethyl adjacent to an activating group) is 1. The Labute approximate surface area is 170 Å². The molecule has 0 aliphatic carbocycles. The molecular weight excluding hydrogens is 370 g/mol. The third-order valence-corrected chi connectivity index (χ3v) is 4.69. The lowest BCUT2D eigenvalue weighted by atomic mass is 10.0. The number of hydrogen-bond donors (Lipinski definition) is 1. The minimum Gasteiger partial charge on any atom is -0.493 e. The van der Waals surface area contributed by atoms with Crippen molar-refractivity contribution < 1.29 is 19.2 Å². The minimum atomic E-state index is -0.738. The number of rotatable bonds is 2. The third-order valence-electron chi connectivity index (χ3n) is 4.69. The van der Waals surface area contributed by atoms with Crippen LogP contribution in [0.15, 0.2) is 54.7 Å². The molecular formula is C22H25N3O4. The van der Waals surface area contributed by atoms with E-state index in [4.69, 9.17) is 9.57 Å². The van der Waals surface area contributed by atoms with E-state index in [1.54, 1.807) is 24.4 Å². The first-order chi connectivity index (χ1) is 14.1. The van der Waals surface area contributed by atoms with Crippen LogP contribution in [0, 0.1) is 0 Å². The van der Waals surface area contributed by atoms with Gasteiger partial charge in [0.2, 0.25) is 0 Å². The number of ether oxygens (including phenoxy) is 1. The summed E-state index contributed by atoms with van der Waals surface area (Å²) in [7, 11) is 2.93. The second-order valence-electron chi connectivity index (χ2n) is 6.66. The first-order valence-electron chi connectivity index (χ1n) is 9.56. The molecule has 7 heteroatoms. The van der Waals surface area contributed by atoms with Gasteiger partial charge in [0.05, 0.1) is 19.4 Å². The maximum atomic E-state index is 13.1. The summed E-state index contributed by atoms with van der Waals surface area (Å²) < 4.78 is 5.82. The third kappa shape index (κ3) is 5.20. The molecule has 1 aromatic heterocycles. The number of nitrogens with one attached hydrogen (secondary N) is 1. The van der Waals surface area contributed by atoms with Gasteiger partial charge in [-0.1, -0.05) is 30.4 Å². The lowest BCUT2D eigenvalue weighted by Gasteiger charge is -2.22. The van der Waals surface area contributed by atoms with E-state index in [1.165, 1.54) is 14.2 Å². The molecule has 1 aliphatic rings. The van der Waals surface area contributed by atoms with Gasteiger partial charge in [0, 0.05) is 30.4 Å². The molecule has 1 aromatic carbocycles. The van der Waals surface area contributed by atoms with Gasteiger partial charge in [-0.3, -0.25) is 19.4 Å². The largest absolute Gasteiger partial charge is 0.493 e. The Kier molecular flexibility index (Phi) is 6.97. The first kappa shape index (κ1) is 20.5. The van der Waals surface area contributed by atoms with Crippen LogP contribution in [0.1, 0.15) is 29.6 Å². The number of hydrogen-bond acceptors (Lipinski definition) is 5. The predicted octanol–water partition coefficient (Wildman–Crippen LogP) is 2.99. The lowest BCUT2D eigenvalue weighted by molar-refractivity contribution is -0.170. The van der Waals surface area contributed by atoms with E-state index in [0.29, 0.717) is 35.6 Å². The Morgan fingerprint density at radius 2 is 2.03 bits per heavy atom. The summed E-state index contributed by atoms with van der Waals surface area (Å²) in [4.78, 5) is 35.1. The summed E-state index contributed by atoms with van der Waals surface area (Å²) in [6, 6.07) is 10.1. The monoisotopic (exact) mass is 395 g/mol. The van der Waals surface area contributed by atoms with Crippen LogP contribution in [0.3, 0.4) is 0 Å². The Morgan fingerprint density at radius 3 is 2.83 bits per heavy atom. The molecule has 1 N–H and O–H groups in total.